The van der Waals surface area contributed by atoms with Crippen LogP contribution in [-0.2, 0) is 11.3 Å². The number of hydrogen-bond acceptors (Lipinski definition) is 4. The van der Waals surface area contributed by atoms with Crippen molar-refractivity contribution < 1.29 is 14.3 Å². The van der Waals surface area contributed by atoms with Crippen molar-refractivity contribution in [3.63, 3.8) is 0 Å². The van der Waals surface area contributed by atoms with Crippen molar-refractivity contribution in [2.45, 2.75) is 65.8 Å². The van der Waals surface area contributed by atoms with Crippen molar-refractivity contribution in [1.29, 1.82) is 0 Å². The van der Waals surface area contributed by atoms with Gasteiger partial charge in [-0.1, -0.05) is 39.0 Å². The fourth-order valence-electron chi connectivity index (χ4n) is 3.38. The average molecular weight is 359 g/mol. The summed E-state index contributed by atoms with van der Waals surface area (Å²) in [5.41, 5.74) is 7.19. The molecule has 0 aliphatic carbocycles. The molecule has 2 N–H and O–H groups in total. The van der Waals surface area contributed by atoms with E-state index in [2.05, 4.69) is 16.5 Å². The maximum Gasteiger partial charge on any atom is 0.289 e. The minimum atomic E-state index is -0.960. The first-order valence-electron chi connectivity index (χ1n) is 9.47. The smallest absolute Gasteiger partial charge is 0.289 e. The van der Waals surface area contributed by atoms with Gasteiger partial charge in [-0.15, -0.1) is 0 Å². The molecule has 0 radical (unpaired) electrons. The van der Waals surface area contributed by atoms with Gasteiger partial charge in [0.1, 0.15) is 0 Å². The molecule has 2 rings (SSSR count). The Morgan fingerprint density at radius 3 is 2.50 bits per heavy atom. The standard InChI is InChI=1S/C20H29N3O3/c1-4-6-7-8-9-10-13-23-14(3)16(18(24)19(21)25)17-15(23)11-12-22-20(17)26-5-2/h11-12H,4-10,13H2,1-3H3,(H2,21,25). The number of rotatable bonds is 11. The number of nitrogens with zero attached hydrogens (tertiary/aromatic N) is 2. The van der Waals surface area contributed by atoms with Crippen LogP contribution in [0.5, 0.6) is 5.88 Å². The third-order valence-corrected chi connectivity index (χ3v) is 4.67. The van der Waals surface area contributed by atoms with Gasteiger partial charge in [0.05, 0.1) is 23.1 Å². The second kappa shape index (κ2) is 9.36. The summed E-state index contributed by atoms with van der Waals surface area (Å²) in [6.07, 6.45) is 8.80. The van der Waals surface area contributed by atoms with E-state index in [0.29, 0.717) is 23.4 Å². The van der Waals surface area contributed by atoms with Crippen molar-refractivity contribution in [2.24, 2.45) is 5.73 Å². The van der Waals surface area contributed by atoms with E-state index in [4.69, 9.17) is 10.5 Å². The zero-order valence-corrected chi connectivity index (χ0v) is 16.0. The number of aryl methyl sites for hydroxylation is 1. The van der Waals surface area contributed by atoms with E-state index in [1.807, 2.05) is 19.9 Å². The first kappa shape index (κ1) is 19.9. The zero-order valence-electron chi connectivity index (χ0n) is 16.0. The highest BCUT2D eigenvalue weighted by Crippen LogP contribution is 2.32. The Morgan fingerprint density at radius 1 is 1.15 bits per heavy atom. The summed E-state index contributed by atoms with van der Waals surface area (Å²) in [6.45, 7) is 7.13. The summed E-state index contributed by atoms with van der Waals surface area (Å²) in [5.74, 6) is -1.28. The largest absolute Gasteiger partial charge is 0.477 e. The second-order valence-electron chi connectivity index (χ2n) is 6.52. The second-order valence-corrected chi connectivity index (χ2v) is 6.52. The highest BCUT2D eigenvalue weighted by molar-refractivity contribution is 6.45. The summed E-state index contributed by atoms with van der Waals surface area (Å²) in [5, 5.41) is 0.585. The van der Waals surface area contributed by atoms with Crippen molar-refractivity contribution in [1.82, 2.24) is 9.55 Å². The monoisotopic (exact) mass is 359 g/mol. The van der Waals surface area contributed by atoms with Gasteiger partial charge in [0, 0.05) is 18.4 Å². The van der Waals surface area contributed by atoms with Gasteiger partial charge in [-0.2, -0.15) is 0 Å². The van der Waals surface area contributed by atoms with Gasteiger partial charge in [-0.05, 0) is 26.3 Å². The van der Waals surface area contributed by atoms with Crippen LogP contribution in [0.25, 0.3) is 10.9 Å². The SMILES string of the molecule is CCCCCCCCn1c(C)c(C(=O)C(N)=O)c2c(OCC)nccc21. The van der Waals surface area contributed by atoms with E-state index in [9.17, 15) is 9.59 Å². The number of primary amides is 1. The topological polar surface area (TPSA) is 87.2 Å². The van der Waals surface area contributed by atoms with Gasteiger partial charge in [-0.25, -0.2) is 4.98 Å². The molecule has 0 spiro atoms. The molecular formula is C20H29N3O3. The molecular weight excluding hydrogens is 330 g/mol. The summed E-state index contributed by atoms with van der Waals surface area (Å²) in [7, 11) is 0. The third kappa shape index (κ3) is 4.23. The fraction of sp³-hybridized carbons (Fsp3) is 0.550. The Morgan fingerprint density at radius 2 is 1.85 bits per heavy atom. The molecule has 0 saturated heterocycles. The van der Waals surface area contributed by atoms with E-state index in [1.165, 1.54) is 25.7 Å². The van der Waals surface area contributed by atoms with Crippen LogP contribution < -0.4 is 10.5 Å². The predicted molar refractivity (Wildman–Crippen MR) is 103 cm³/mol. The van der Waals surface area contributed by atoms with Crippen LogP contribution in [0.4, 0.5) is 0 Å². The van der Waals surface area contributed by atoms with Crippen molar-refractivity contribution in [2.75, 3.05) is 6.61 Å². The van der Waals surface area contributed by atoms with E-state index in [1.54, 1.807) is 6.20 Å². The van der Waals surface area contributed by atoms with E-state index >= 15 is 0 Å². The zero-order chi connectivity index (χ0) is 19.1. The Kier molecular flexibility index (Phi) is 7.18. The Bertz CT molecular complexity index is 780. The summed E-state index contributed by atoms with van der Waals surface area (Å²) >= 11 is 0. The number of hydrogen-bond donors (Lipinski definition) is 1. The lowest BCUT2D eigenvalue weighted by Crippen LogP contribution is -2.24. The molecule has 6 heteroatoms. The van der Waals surface area contributed by atoms with Crippen LogP contribution in [0, 0.1) is 6.92 Å². The number of nitrogens with two attached hydrogens (primary N) is 1. The number of amides is 1. The van der Waals surface area contributed by atoms with Crippen molar-refractivity contribution in [3.8, 4) is 5.88 Å². The van der Waals surface area contributed by atoms with Gasteiger partial charge in [0.15, 0.2) is 0 Å². The lowest BCUT2D eigenvalue weighted by atomic mass is 10.1. The molecule has 1 amide bonds. The molecule has 0 bridgehead atoms. The number of aromatic nitrogens is 2. The van der Waals surface area contributed by atoms with Gasteiger partial charge < -0.3 is 15.0 Å². The quantitative estimate of drug-likeness (QED) is 0.376. The number of fused-ring (bicyclic) bond motifs is 1. The fourth-order valence-corrected chi connectivity index (χ4v) is 3.38. The highest BCUT2D eigenvalue weighted by atomic mass is 16.5. The summed E-state index contributed by atoms with van der Waals surface area (Å²) in [4.78, 5) is 28.2. The molecule has 2 aromatic rings. The summed E-state index contributed by atoms with van der Waals surface area (Å²) in [6, 6.07) is 1.86. The molecule has 0 aliphatic heterocycles. The van der Waals surface area contributed by atoms with E-state index < -0.39 is 11.7 Å². The first-order chi connectivity index (χ1) is 12.5. The number of unbranched alkanes of at least 4 members (excludes halogenated alkanes) is 5. The molecule has 26 heavy (non-hydrogen) atoms. The van der Waals surface area contributed by atoms with Gasteiger partial charge in [0.2, 0.25) is 5.88 Å². The number of carbonyl (C=O) groups excluding carboxylic acids is 2. The lowest BCUT2D eigenvalue weighted by molar-refractivity contribution is -0.114. The van der Waals surface area contributed by atoms with Gasteiger partial charge in [0.25, 0.3) is 11.7 Å². The predicted octanol–water partition coefficient (Wildman–Crippen LogP) is 3.77. The summed E-state index contributed by atoms with van der Waals surface area (Å²) < 4.78 is 7.68. The number of carbonyl (C=O) groups is 2. The van der Waals surface area contributed by atoms with Gasteiger partial charge in [-0.3, -0.25) is 9.59 Å². The van der Waals surface area contributed by atoms with Crippen LogP contribution >= 0.6 is 0 Å². The van der Waals surface area contributed by atoms with Crippen LogP contribution in [0.3, 0.4) is 0 Å². The molecule has 0 atom stereocenters. The van der Waals surface area contributed by atoms with Crippen LogP contribution in [0.2, 0.25) is 0 Å². The lowest BCUT2D eigenvalue weighted by Gasteiger charge is -2.09. The van der Waals surface area contributed by atoms with Crippen LogP contribution in [0.15, 0.2) is 12.3 Å². The normalized spacial score (nSPS) is 11.0. The molecule has 2 heterocycles. The minimum absolute atomic E-state index is 0.315. The molecule has 142 valence electrons. The number of Topliss-reactive ketones (excluding diaryl/α,β-unsaturated/α-hetero) is 1. The van der Waals surface area contributed by atoms with Crippen molar-refractivity contribution >= 4 is 22.6 Å². The Labute approximate surface area is 154 Å². The number of ketones is 1. The maximum absolute atomic E-state index is 12.4. The van der Waals surface area contributed by atoms with Crippen molar-refractivity contribution in [3.05, 3.63) is 23.5 Å². The van der Waals surface area contributed by atoms with Gasteiger partial charge >= 0.3 is 0 Å². The van der Waals surface area contributed by atoms with E-state index in [0.717, 1.165) is 30.6 Å². The Hall–Kier alpha value is -2.37. The highest BCUT2D eigenvalue weighted by Gasteiger charge is 2.26. The van der Waals surface area contributed by atoms with Crippen LogP contribution in [0.1, 0.15) is 68.4 Å². The van der Waals surface area contributed by atoms with E-state index in [-0.39, 0.29) is 0 Å². The molecule has 0 aliphatic rings. The molecule has 2 aromatic heterocycles. The maximum atomic E-state index is 12.4. The molecule has 6 nitrogen and oxygen atoms in total. The minimum Gasteiger partial charge on any atom is -0.477 e. The molecule has 0 aromatic carbocycles. The average Bonchev–Trinajstić information content (AvgIpc) is 2.90. The number of pyridine rings is 1. The molecule has 0 saturated carbocycles. The molecule has 0 unspecified atom stereocenters. The number of ether oxygens (including phenoxy) is 1. The first-order valence-corrected chi connectivity index (χ1v) is 9.47. The third-order valence-electron chi connectivity index (χ3n) is 4.67. The Balaban J connectivity index is 2.37. The van der Waals surface area contributed by atoms with Crippen LogP contribution in [-0.4, -0.2) is 27.8 Å². The molecule has 0 fully saturated rings.